The first-order valence-corrected chi connectivity index (χ1v) is 12.1. The van der Waals surface area contributed by atoms with Crippen LogP contribution in [0.25, 0.3) is 11.7 Å². The first-order valence-electron chi connectivity index (χ1n) is 10.8. The van der Waals surface area contributed by atoms with Gasteiger partial charge in [-0.1, -0.05) is 36.1 Å². The number of methoxy groups -OCH3 is 1. The molecule has 1 aromatic carbocycles. The number of aryl methyl sites for hydroxylation is 1. The van der Waals surface area contributed by atoms with E-state index < -0.39 is 0 Å². The molecule has 1 saturated heterocycles. The molecule has 4 heterocycles. The van der Waals surface area contributed by atoms with E-state index in [9.17, 15) is 9.59 Å². The molecule has 2 aliphatic rings. The van der Waals surface area contributed by atoms with E-state index in [1.165, 1.54) is 9.30 Å². The molecule has 1 fully saturated rings. The Morgan fingerprint density at radius 3 is 2.91 bits per heavy atom. The van der Waals surface area contributed by atoms with Crippen molar-refractivity contribution in [2.24, 2.45) is 0 Å². The van der Waals surface area contributed by atoms with Crippen LogP contribution in [0.2, 0.25) is 0 Å². The number of pyridine rings is 1. The lowest BCUT2D eigenvalue weighted by Gasteiger charge is -2.15. The Kier molecular flexibility index (Phi) is 6.46. The number of hydrogen-bond acceptors (Lipinski definition) is 9. The number of thioether (sulfide) groups is 1. The molecule has 0 atom stereocenters. The molecule has 1 amide bonds. The second-order valence-electron chi connectivity index (χ2n) is 7.94. The van der Waals surface area contributed by atoms with Gasteiger partial charge in [0.1, 0.15) is 15.8 Å². The average Bonchev–Trinajstić information content (AvgIpc) is 3.41. The highest BCUT2D eigenvalue weighted by Crippen LogP contribution is 2.36. The van der Waals surface area contributed by atoms with Crippen molar-refractivity contribution in [3.63, 3.8) is 0 Å². The molecule has 0 unspecified atom stereocenters. The predicted molar refractivity (Wildman–Crippen MR) is 138 cm³/mol. The molecule has 1 N–H and O–H groups in total. The third-order valence-corrected chi connectivity index (χ3v) is 6.99. The van der Waals surface area contributed by atoms with Crippen LogP contribution in [0.5, 0.6) is 11.5 Å². The van der Waals surface area contributed by atoms with Gasteiger partial charge in [-0.2, -0.15) is 0 Å². The number of thiocarbonyl (C=S) groups is 1. The number of carbonyl (C=O) groups is 1. The van der Waals surface area contributed by atoms with Crippen LogP contribution in [0, 0.1) is 6.92 Å². The van der Waals surface area contributed by atoms with Gasteiger partial charge < -0.3 is 19.5 Å². The van der Waals surface area contributed by atoms with E-state index in [1.807, 2.05) is 31.2 Å². The quantitative estimate of drug-likeness (QED) is 0.292. The number of anilines is 1. The molecule has 0 bridgehead atoms. The zero-order valence-electron chi connectivity index (χ0n) is 19.1. The third-order valence-electron chi connectivity index (χ3n) is 5.61. The molecule has 0 aliphatic carbocycles. The average molecular weight is 511 g/mol. The molecular formula is C24H22N4O5S2. The Morgan fingerprint density at radius 1 is 1.26 bits per heavy atom. The van der Waals surface area contributed by atoms with E-state index in [0.29, 0.717) is 45.3 Å². The number of nitrogens with one attached hydrogen (secondary N) is 1. The second kappa shape index (κ2) is 9.68. The fourth-order valence-corrected chi connectivity index (χ4v) is 5.07. The summed E-state index contributed by atoms with van der Waals surface area (Å²) in [5.74, 6) is 1.43. The van der Waals surface area contributed by atoms with Gasteiger partial charge in [-0.05, 0) is 42.3 Å². The SMILES string of the molecule is COCCNc1nc2c(C)cccn2c(=O)c1C=C1SC(=S)N(Cc2ccc3c(c2)OCO3)C1=O. The van der Waals surface area contributed by atoms with Crippen LogP contribution in [0.4, 0.5) is 5.82 Å². The molecule has 2 aromatic heterocycles. The molecule has 2 aliphatic heterocycles. The molecule has 11 heteroatoms. The number of carbonyl (C=O) groups excluding carboxylic acids is 1. The van der Waals surface area contributed by atoms with Gasteiger partial charge in [-0.3, -0.25) is 18.9 Å². The minimum atomic E-state index is -0.278. The lowest BCUT2D eigenvalue weighted by molar-refractivity contribution is -0.122. The number of amides is 1. The van der Waals surface area contributed by atoms with Crippen molar-refractivity contribution in [1.82, 2.24) is 14.3 Å². The zero-order chi connectivity index (χ0) is 24.5. The Balaban J connectivity index is 1.49. The lowest BCUT2D eigenvalue weighted by Crippen LogP contribution is -2.27. The number of hydrogen-bond donors (Lipinski definition) is 1. The van der Waals surface area contributed by atoms with Gasteiger partial charge in [0, 0.05) is 19.9 Å². The largest absolute Gasteiger partial charge is 0.454 e. The van der Waals surface area contributed by atoms with Gasteiger partial charge in [0.05, 0.1) is 23.6 Å². The minimum Gasteiger partial charge on any atom is -0.454 e. The fraction of sp³-hybridized carbons (Fsp3) is 0.250. The van der Waals surface area contributed by atoms with Gasteiger partial charge in [0.2, 0.25) is 6.79 Å². The normalized spacial score (nSPS) is 16.1. The monoisotopic (exact) mass is 510 g/mol. The zero-order valence-corrected chi connectivity index (χ0v) is 20.7. The highest BCUT2D eigenvalue weighted by Gasteiger charge is 2.33. The van der Waals surface area contributed by atoms with Crippen molar-refractivity contribution in [1.29, 1.82) is 0 Å². The van der Waals surface area contributed by atoms with Crippen LogP contribution >= 0.6 is 24.0 Å². The van der Waals surface area contributed by atoms with E-state index in [0.717, 1.165) is 22.9 Å². The summed E-state index contributed by atoms with van der Waals surface area (Å²) in [7, 11) is 1.60. The van der Waals surface area contributed by atoms with E-state index >= 15 is 0 Å². The summed E-state index contributed by atoms with van der Waals surface area (Å²) in [6.07, 6.45) is 3.23. The molecular weight excluding hydrogens is 488 g/mol. The van der Waals surface area contributed by atoms with Crippen LogP contribution in [-0.2, 0) is 16.1 Å². The highest BCUT2D eigenvalue weighted by molar-refractivity contribution is 8.26. The Hall–Kier alpha value is -3.41. The maximum absolute atomic E-state index is 13.4. The first-order chi connectivity index (χ1) is 17.0. The van der Waals surface area contributed by atoms with Crippen molar-refractivity contribution < 1.29 is 19.0 Å². The molecule has 0 saturated carbocycles. The minimum absolute atomic E-state index is 0.179. The van der Waals surface area contributed by atoms with Crippen LogP contribution in [0.15, 0.2) is 46.2 Å². The van der Waals surface area contributed by atoms with Crippen molar-refractivity contribution in [3.8, 4) is 11.5 Å². The summed E-state index contributed by atoms with van der Waals surface area (Å²) in [5.41, 5.74) is 2.27. The molecule has 0 radical (unpaired) electrons. The summed E-state index contributed by atoms with van der Waals surface area (Å²) in [4.78, 5) is 33.2. The smallest absolute Gasteiger partial charge is 0.267 e. The van der Waals surface area contributed by atoms with Crippen molar-refractivity contribution in [2.75, 3.05) is 32.4 Å². The van der Waals surface area contributed by atoms with Crippen molar-refractivity contribution >= 4 is 51.7 Å². The number of rotatable bonds is 7. The van der Waals surface area contributed by atoms with Crippen molar-refractivity contribution in [3.05, 3.63) is 68.5 Å². The Labute approximate surface area is 210 Å². The topological polar surface area (TPSA) is 94.4 Å². The molecule has 9 nitrogen and oxygen atoms in total. The summed E-state index contributed by atoms with van der Waals surface area (Å²) in [6, 6.07) is 9.20. The van der Waals surface area contributed by atoms with E-state index in [2.05, 4.69) is 10.3 Å². The standard InChI is InChI=1S/C24H22N4O5S2/c1-14-4-3-8-27-21(14)26-20(25-7-9-31-2)16(22(27)29)11-19-23(30)28(24(34)35-19)12-15-5-6-17-18(10-15)33-13-32-17/h3-6,8,10-11,25H,7,9,12-13H2,1-2H3. The molecule has 180 valence electrons. The highest BCUT2D eigenvalue weighted by atomic mass is 32.2. The Bertz CT molecular complexity index is 1440. The second-order valence-corrected chi connectivity index (χ2v) is 9.61. The molecule has 35 heavy (non-hydrogen) atoms. The van der Waals surface area contributed by atoms with Crippen LogP contribution in [0.1, 0.15) is 16.7 Å². The fourth-order valence-electron chi connectivity index (χ4n) is 3.84. The molecule has 5 rings (SSSR count). The van der Waals surface area contributed by atoms with E-state index in [4.69, 9.17) is 26.4 Å². The van der Waals surface area contributed by atoms with E-state index in [-0.39, 0.29) is 30.4 Å². The number of nitrogens with zero attached hydrogens (tertiary/aromatic N) is 3. The van der Waals surface area contributed by atoms with Gasteiger partial charge in [0.15, 0.2) is 11.5 Å². The third kappa shape index (κ3) is 4.49. The van der Waals surface area contributed by atoms with E-state index in [1.54, 1.807) is 25.4 Å². The summed E-state index contributed by atoms with van der Waals surface area (Å²) >= 11 is 6.66. The van der Waals surface area contributed by atoms with Crippen LogP contribution < -0.4 is 20.3 Å². The maximum Gasteiger partial charge on any atom is 0.267 e. The van der Waals surface area contributed by atoms with Gasteiger partial charge in [0.25, 0.3) is 11.5 Å². The van der Waals surface area contributed by atoms with Gasteiger partial charge >= 0.3 is 0 Å². The van der Waals surface area contributed by atoms with Gasteiger partial charge in [-0.15, -0.1) is 0 Å². The molecule has 0 spiro atoms. The maximum atomic E-state index is 13.4. The van der Waals surface area contributed by atoms with Crippen molar-refractivity contribution in [2.45, 2.75) is 13.5 Å². The number of aromatic nitrogens is 2. The number of ether oxygens (including phenoxy) is 3. The number of benzene rings is 1. The summed E-state index contributed by atoms with van der Waals surface area (Å²) in [6.45, 7) is 3.24. The molecule has 3 aromatic rings. The lowest BCUT2D eigenvalue weighted by atomic mass is 10.2. The first kappa shape index (κ1) is 23.3. The van der Waals surface area contributed by atoms with Crippen LogP contribution in [0.3, 0.4) is 0 Å². The summed E-state index contributed by atoms with van der Waals surface area (Å²) in [5, 5.41) is 3.16. The van der Waals surface area contributed by atoms with Crippen LogP contribution in [-0.4, -0.2) is 51.6 Å². The Morgan fingerprint density at radius 2 is 2.09 bits per heavy atom. The number of fused-ring (bicyclic) bond motifs is 2. The van der Waals surface area contributed by atoms with Gasteiger partial charge in [-0.25, -0.2) is 4.98 Å². The predicted octanol–water partition coefficient (Wildman–Crippen LogP) is 3.19. The summed E-state index contributed by atoms with van der Waals surface area (Å²) < 4.78 is 17.8.